The van der Waals surface area contributed by atoms with Gasteiger partial charge in [0.25, 0.3) is 5.56 Å². The number of benzene rings is 2. The van der Waals surface area contributed by atoms with Crippen molar-refractivity contribution >= 4 is 51.3 Å². The number of halogens is 3. The molecule has 0 unspecified atom stereocenters. The van der Waals surface area contributed by atoms with Crippen LogP contribution >= 0.6 is 34.8 Å². The SMILES string of the molecule is O=c1c2ccccc2c(-c2ccc(N(CCCl)CCCl)cc2)cn1CCCl. The number of nitrogens with zero attached hydrogens (tertiary/aromatic N) is 2. The van der Waals surface area contributed by atoms with E-state index in [1.54, 1.807) is 4.57 Å². The normalized spacial score (nSPS) is 11.1. The van der Waals surface area contributed by atoms with Gasteiger partial charge in [-0.1, -0.05) is 30.3 Å². The van der Waals surface area contributed by atoms with E-state index < -0.39 is 0 Å². The fourth-order valence-corrected chi connectivity index (χ4v) is 3.85. The molecule has 2 aromatic carbocycles. The molecule has 142 valence electrons. The molecular weight excluding hydrogens is 403 g/mol. The lowest BCUT2D eigenvalue weighted by atomic mass is 10.00. The van der Waals surface area contributed by atoms with E-state index in [0.717, 1.165) is 35.3 Å². The van der Waals surface area contributed by atoms with Crippen LogP contribution in [0.2, 0.25) is 0 Å². The Bertz CT molecular complexity index is 948. The Morgan fingerprint density at radius 3 is 2.04 bits per heavy atom. The summed E-state index contributed by atoms with van der Waals surface area (Å²) in [4.78, 5) is 14.8. The van der Waals surface area contributed by atoms with Gasteiger partial charge >= 0.3 is 0 Å². The second-order valence-corrected chi connectivity index (χ2v) is 7.32. The summed E-state index contributed by atoms with van der Waals surface area (Å²) in [5.41, 5.74) is 3.14. The largest absolute Gasteiger partial charge is 0.369 e. The van der Waals surface area contributed by atoms with Crippen molar-refractivity contribution in [1.82, 2.24) is 4.57 Å². The van der Waals surface area contributed by atoms with Crippen molar-refractivity contribution in [3.63, 3.8) is 0 Å². The van der Waals surface area contributed by atoms with Crippen LogP contribution in [0.15, 0.2) is 59.5 Å². The van der Waals surface area contributed by atoms with Gasteiger partial charge < -0.3 is 9.47 Å². The van der Waals surface area contributed by atoms with Crippen LogP contribution < -0.4 is 10.5 Å². The summed E-state index contributed by atoms with van der Waals surface area (Å²) >= 11 is 17.7. The minimum atomic E-state index is -0.0120. The summed E-state index contributed by atoms with van der Waals surface area (Å²) in [6.07, 6.45) is 1.90. The molecule has 3 rings (SSSR count). The Balaban J connectivity index is 2.07. The van der Waals surface area contributed by atoms with E-state index in [9.17, 15) is 4.79 Å². The van der Waals surface area contributed by atoms with Crippen molar-refractivity contribution in [1.29, 1.82) is 0 Å². The number of anilines is 1. The summed E-state index contributed by atoms with van der Waals surface area (Å²) in [6.45, 7) is 1.98. The highest BCUT2D eigenvalue weighted by Crippen LogP contribution is 2.28. The predicted octanol–water partition coefficient (Wildman–Crippen LogP) is 5.19. The Labute approximate surface area is 174 Å². The number of pyridine rings is 1. The molecule has 3 aromatic rings. The van der Waals surface area contributed by atoms with E-state index in [0.29, 0.717) is 29.6 Å². The Morgan fingerprint density at radius 2 is 1.44 bits per heavy atom. The first-order valence-electron chi connectivity index (χ1n) is 8.85. The summed E-state index contributed by atoms with van der Waals surface area (Å²) in [6, 6.07) is 16.0. The van der Waals surface area contributed by atoms with Gasteiger partial charge in [0, 0.05) is 60.1 Å². The topological polar surface area (TPSA) is 25.2 Å². The van der Waals surface area contributed by atoms with Crippen LogP contribution in [0.3, 0.4) is 0 Å². The van der Waals surface area contributed by atoms with E-state index in [-0.39, 0.29) is 5.56 Å². The Morgan fingerprint density at radius 1 is 0.815 bits per heavy atom. The van der Waals surface area contributed by atoms with Gasteiger partial charge in [-0.25, -0.2) is 0 Å². The lowest BCUT2D eigenvalue weighted by Gasteiger charge is -2.23. The number of hydrogen-bond acceptors (Lipinski definition) is 2. The average molecular weight is 424 g/mol. The van der Waals surface area contributed by atoms with Crippen molar-refractivity contribution in [2.45, 2.75) is 6.54 Å². The molecule has 1 heterocycles. The minimum Gasteiger partial charge on any atom is -0.369 e. The summed E-state index contributed by atoms with van der Waals surface area (Å²) in [5.74, 6) is 1.49. The number of rotatable bonds is 8. The molecule has 0 bridgehead atoms. The number of aromatic nitrogens is 1. The monoisotopic (exact) mass is 422 g/mol. The lowest BCUT2D eigenvalue weighted by molar-refractivity contribution is 0.741. The molecule has 0 radical (unpaired) electrons. The van der Waals surface area contributed by atoms with E-state index in [2.05, 4.69) is 29.2 Å². The van der Waals surface area contributed by atoms with Crippen LogP contribution in [0.25, 0.3) is 21.9 Å². The standard InChI is InChI=1S/C21H21Cl3N2O/c22-9-12-25(13-10-23)17-7-5-16(6-8-17)20-15-26(14-11-24)21(27)19-4-2-1-3-18(19)20/h1-8,15H,9-14H2. The fourth-order valence-electron chi connectivity index (χ4n) is 3.26. The van der Waals surface area contributed by atoms with Gasteiger partial charge in [-0.2, -0.15) is 0 Å². The zero-order valence-corrected chi connectivity index (χ0v) is 17.1. The Hall–Kier alpha value is -1.68. The van der Waals surface area contributed by atoms with Crippen LogP contribution in [-0.4, -0.2) is 35.3 Å². The third kappa shape index (κ3) is 4.43. The highest BCUT2D eigenvalue weighted by molar-refractivity contribution is 6.18. The molecule has 0 aliphatic heterocycles. The Kier molecular flexibility index (Phi) is 7.06. The smallest absolute Gasteiger partial charge is 0.258 e. The summed E-state index contributed by atoms with van der Waals surface area (Å²) in [7, 11) is 0. The maximum Gasteiger partial charge on any atom is 0.258 e. The van der Waals surface area contributed by atoms with Crippen molar-refractivity contribution in [2.24, 2.45) is 0 Å². The zero-order chi connectivity index (χ0) is 19.2. The van der Waals surface area contributed by atoms with Gasteiger partial charge in [0.2, 0.25) is 0 Å². The second-order valence-electron chi connectivity index (χ2n) is 6.19. The lowest BCUT2D eigenvalue weighted by Crippen LogP contribution is -2.27. The first-order valence-corrected chi connectivity index (χ1v) is 10.5. The van der Waals surface area contributed by atoms with Crippen LogP contribution in [0.1, 0.15) is 0 Å². The zero-order valence-electron chi connectivity index (χ0n) is 14.9. The van der Waals surface area contributed by atoms with Crippen molar-refractivity contribution in [3.8, 4) is 11.1 Å². The van der Waals surface area contributed by atoms with Gasteiger partial charge in [-0.3, -0.25) is 4.79 Å². The molecule has 0 saturated carbocycles. The minimum absolute atomic E-state index is 0.0120. The molecule has 0 saturated heterocycles. The van der Waals surface area contributed by atoms with Gasteiger partial charge in [0.15, 0.2) is 0 Å². The molecule has 0 aliphatic rings. The van der Waals surface area contributed by atoms with Crippen LogP contribution in [-0.2, 0) is 6.54 Å². The highest BCUT2D eigenvalue weighted by atomic mass is 35.5. The maximum atomic E-state index is 12.7. The molecule has 6 heteroatoms. The van der Waals surface area contributed by atoms with Gasteiger partial charge in [-0.05, 0) is 29.1 Å². The van der Waals surface area contributed by atoms with Crippen LogP contribution in [0.4, 0.5) is 5.69 Å². The summed E-state index contributed by atoms with van der Waals surface area (Å²) < 4.78 is 1.69. The second kappa shape index (κ2) is 9.50. The first kappa shape index (κ1) is 20.1. The van der Waals surface area contributed by atoms with Gasteiger partial charge in [0.1, 0.15) is 0 Å². The highest BCUT2D eigenvalue weighted by Gasteiger charge is 2.11. The maximum absolute atomic E-state index is 12.7. The van der Waals surface area contributed by atoms with E-state index in [4.69, 9.17) is 34.8 Å². The van der Waals surface area contributed by atoms with Crippen LogP contribution in [0, 0.1) is 0 Å². The average Bonchev–Trinajstić information content (AvgIpc) is 2.70. The molecule has 0 atom stereocenters. The first-order chi connectivity index (χ1) is 13.2. The molecule has 0 fully saturated rings. The number of hydrogen-bond donors (Lipinski definition) is 0. The predicted molar refractivity (Wildman–Crippen MR) is 118 cm³/mol. The molecular formula is C21H21Cl3N2O. The molecule has 0 aliphatic carbocycles. The van der Waals surface area contributed by atoms with Crippen molar-refractivity contribution in [3.05, 3.63) is 65.1 Å². The van der Waals surface area contributed by atoms with E-state index >= 15 is 0 Å². The van der Waals surface area contributed by atoms with Crippen LogP contribution in [0.5, 0.6) is 0 Å². The van der Waals surface area contributed by atoms with Crippen molar-refractivity contribution in [2.75, 3.05) is 35.6 Å². The molecule has 27 heavy (non-hydrogen) atoms. The molecule has 0 N–H and O–H groups in total. The third-order valence-electron chi connectivity index (χ3n) is 4.57. The van der Waals surface area contributed by atoms with E-state index in [1.165, 1.54) is 0 Å². The molecule has 3 nitrogen and oxygen atoms in total. The molecule has 1 aromatic heterocycles. The molecule has 0 amide bonds. The number of alkyl halides is 3. The fraction of sp³-hybridized carbons (Fsp3) is 0.286. The quantitative estimate of drug-likeness (QED) is 0.466. The third-order valence-corrected chi connectivity index (χ3v) is 5.08. The molecule has 0 spiro atoms. The summed E-state index contributed by atoms with van der Waals surface area (Å²) in [5, 5.41) is 1.65. The number of aryl methyl sites for hydroxylation is 1. The van der Waals surface area contributed by atoms with E-state index in [1.807, 2.05) is 30.5 Å². The van der Waals surface area contributed by atoms with Crippen molar-refractivity contribution < 1.29 is 0 Å². The van der Waals surface area contributed by atoms with Gasteiger partial charge in [-0.15, -0.1) is 34.8 Å². The van der Waals surface area contributed by atoms with Gasteiger partial charge in [0.05, 0.1) is 0 Å². The number of fused-ring (bicyclic) bond motifs is 1.